The molecule has 0 fully saturated rings. The summed E-state index contributed by atoms with van der Waals surface area (Å²) in [5, 5.41) is 3.42. The lowest BCUT2D eigenvalue weighted by Crippen LogP contribution is -2.09. The Morgan fingerprint density at radius 3 is 2.50 bits per heavy atom. The molecule has 0 radical (unpaired) electrons. The first kappa shape index (κ1) is 13.4. The normalized spacial score (nSPS) is 11.9. The van der Waals surface area contributed by atoms with E-state index in [1.165, 1.54) is 6.07 Å². The van der Waals surface area contributed by atoms with Crippen LogP contribution in [0.3, 0.4) is 0 Å². The summed E-state index contributed by atoms with van der Waals surface area (Å²) in [5.41, 5.74) is -0.516. The highest BCUT2D eigenvalue weighted by Gasteiger charge is 2.33. The third-order valence-corrected chi connectivity index (χ3v) is 3.14. The average Bonchev–Trinajstić information content (AvgIpc) is 2.26. The highest BCUT2D eigenvalue weighted by atomic mass is 79.9. The lowest BCUT2D eigenvalue weighted by Gasteiger charge is -2.12. The van der Waals surface area contributed by atoms with Crippen molar-refractivity contribution in [3.8, 4) is 0 Å². The van der Waals surface area contributed by atoms with E-state index in [-0.39, 0.29) is 10.5 Å². The van der Waals surface area contributed by atoms with Crippen LogP contribution in [0.5, 0.6) is 0 Å². The van der Waals surface area contributed by atoms with Gasteiger partial charge in [0.25, 0.3) is 0 Å². The first-order chi connectivity index (χ1) is 8.32. The molecule has 0 unspecified atom stereocenters. The predicted molar refractivity (Wildman–Crippen MR) is 69.0 cm³/mol. The van der Waals surface area contributed by atoms with E-state index < -0.39 is 11.9 Å². The zero-order valence-corrected chi connectivity index (χ0v) is 11.4. The standard InChI is InChI=1S/C11H7BrClF3N2/c1-17-8-4-9(11(14,15)16)18-10-6(8)2-5(12)3-7(10)13/h2-4H,1H3,(H,17,18). The van der Waals surface area contributed by atoms with Gasteiger partial charge in [-0.05, 0) is 18.2 Å². The molecule has 0 bridgehead atoms. The zero-order chi connectivity index (χ0) is 13.5. The van der Waals surface area contributed by atoms with E-state index in [4.69, 9.17) is 11.6 Å². The van der Waals surface area contributed by atoms with E-state index >= 15 is 0 Å². The molecule has 2 rings (SSSR count). The van der Waals surface area contributed by atoms with Crippen LogP contribution in [0, 0.1) is 0 Å². The topological polar surface area (TPSA) is 24.9 Å². The van der Waals surface area contributed by atoms with Crippen LogP contribution in [0.15, 0.2) is 22.7 Å². The Hall–Kier alpha value is -1.01. The lowest BCUT2D eigenvalue weighted by atomic mass is 10.1. The minimum absolute atomic E-state index is 0.124. The third kappa shape index (κ3) is 2.40. The Kier molecular flexibility index (Phi) is 3.42. The molecular formula is C11H7BrClF3N2. The molecule has 0 saturated carbocycles. The Labute approximate surface area is 114 Å². The number of nitrogens with one attached hydrogen (secondary N) is 1. The number of alkyl halides is 3. The van der Waals surface area contributed by atoms with Gasteiger partial charge in [-0.15, -0.1) is 0 Å². The molecule has 0 atom stereocenters. The summed E-state index contributed by atoms with van der Waals surface area (Å²) >= 11 is 9.17. The zero-order valence-electron chi connectivity index (χ0n) is 9.07. The maximum atomic E-state index is 12.7. The van der Waals surface area contributed by atoms with E-state index in [1.807, 2.05) is 0 Å². The molecule has 0 aliphatic heterocycles. The summed E-state index contributed by atoms with van der Waals surface area (Å²) in [6.07, 6.45) is -4.50. The highest BCUT2D eigenvalue weighted by Crippen LogP contribution is 2.36. The summed E-state index contributed by atoms with van der Waals surface area (Å²) < 4.78 is 38.8. The lowest BCUT2D eigenvalue weighted by molar-refractivity contribution is -0.140. The second-order valence-electron chi connectivity index (χ2n) is 3.59. The van der Waals surface area contributed by atoms with Crippen LogP contribution in [0.1, 0.15) is 5.69 Å². The maximum Gasteiger partial charge on any atom is 0.433 e. The number of pyridine rings is 1. The van der Waals surface area contributed by atoms with Crippen molar-refractivity contribution >= 4 is 44.1 Å². The molecule has 0 aliphatic carbocycles. The number of hydrogen-bond donors (Lipinski definition) is 1. The van der Waals surface area contributed by atoms with E-state index in [1.54, 1.807) is 13.1 Å². The van der Waals surface area contributed by atoms with Crippen molar-refractivity contribution in [1.82, 2.24) is 4.98 Å². The fraction of sp³-hybridized carbons (Fsp3) is 0.182. The van der Waals surface area contributed by atoms with Crippen molar-refractivity contribution in [2.75, 3.05) is 12.4 Å². The predicted octanol–water partition coefficient (Wildman–Crippen LogP) is 4.71. The van der Waals surface area contributed by atoms with Gasteiger partial charge in [-0.25, -0.2) is 4.98 Å². The number of halogens is 5. The second kappa shape index (κ2) is 4.59. The molecule has 1 aromatic heterocycles. The maximum absolute atomic E-state index is 12.7. The molecule has 0 saturated heterocycles. The molecule has 1 N–H and O–H groups in total. The van der Waals surface area contributed by atoms with E-state index in [9.17, 15) is 13.2 Å². The second-order valence-corrected chi connectivity index (χ2v) is 4.91. The largest absolute Gasteiger partial charge is 0.433 e. The van der Waals surface area contributed by atoms with Gasteiger partial charge in [-0.1, -0.05) is 27.5 Å². The number of aromatic nitrogens is 1. The van der Waals surface area contributed by atoms with Gasteiger partial charge in [0.2, 0.25) is 0 Å². The number of fused-ring (bicyclic) bond motifs is 1. The number of benzene rings is 1. The summed E-state index contributed by atoms with van der Waals surface area (Å²) in [4.78, 5) is 3.58. The molecule has 18 heavy (non-hydrogen) atoms. The molecular weight excluding hydrogens is 332 g/mol. The van der Waals surface area contributed by atoms with Crippen molar-refractivity contribution in [2.24, 2.45) is 0 Å². The molecule has 2 aromatic rings. The van der Waals surface area contributed by atoms with Crippen LogP contribution in [0.25, 0.3) is 10.9 Å². The Morgan fingerprint density at radius 2 is 1.94 bits per heavy atom. The van der Waals surface area contributed by atoms with Gasteiger partial charge in [0, 0.05) is 22.6 Å². The Bertz CT molecular complexity index is 613. The number of nitrogens with zero attached hydrogens (tertiary/aromatic N) is 1. The van der Waals surface area contributed by atoms with Crippen molar-refractivity contribution in [1.29, 1.82) is 0 Å². The van der Waals surface area contributed by atoms with E-state index in [0.717, 1.165) is 6.07 Å². The Balaban J connectivity index is 2.84. The molecule has 0 spiro atoms. The quantitative estimate of drug-likeness (QED) is 0.814. The molecule has 1 heterocycles. The van der Waals surface area contributed by atoms with Crippen LogP contribution in [-0.2, 0) is 6.18 Å². The van der Waals surface area contributed by atoms with Gasteiger partial charge in [0.05, 0.1) is 10.5 Å². The van der Waals surface area contributed by atoms with Crippen molar-refractivity contribution in [3.05, 3.63) is 33.4 Å². The SMILES string of the molecule is CNc1cc(C(F)(F)F)nc2c(Cl)cc(Br)cc12. The Morgan fingerprint density at radius 1 is 1.28 bits per heavy atom. The van der Waals surface area contributed by atoms with Crippen molar-refractivity contribution < 1.29 is 13.2 Å². The number of anilines is 1. The minimum atomic E-state index is -4.50. The average molecular weight is 340 g/mol. The number of hydrogen-bond acceptors (Lipinski definition) is 2. The molecule has 7 heteroatoms. The fourth-order valence-corrected chi connectivity index (χ4v) is 2.46. The molecule has 0 aliphatic rings. The smallest absolute Gasteiger partial charge is 0.388 e. The highest BCUT2D eigenvalue weighted by molar-refractivity contribution is 9.10. The fourth-order valence-electron chi connectivity index (χ4n) is 1.60. The van der Waals surface area contributed by atoms with Gasteiger partial charge in [0.15, 0.2) is 0 Å². The molecule has 2 nitrogen and oxygen atoms in total. The summed E-state index contributed by atoms with van der Waals surface area (Å²) in [5.74, 6) is 0. The van der Waals surface area contributed by atoms with Crippen LogP contribution in [0.2, 0.25) is 5.02 Å². The van der Waals surface area contributed by atoms with Crippen molar-refractivity contribution in [2.45, 2.75) is 6.18 Å². The van der Waals surface area contributed by atoms with E-state index in [0.29, 0.717) is 15.5 Å². The summed E-state index contributed by atoms with van der Waals surface area (Å²) in [6, 6.07) is 4.14. The van der Waals surface area contributed by atoms with Crippen LogP contribution in [-0.4, -0.2) is 12.0 Å². The first-order valence-corrected chi connectivity index (χ1v) is 6.05. The summed E-state index contributed by atoms with van der Waals surface area (Å²) in [6.45, 7) is 0. The van der Waals surface area contributed by atoms with Gasteiger partial charge in [-0.2, -0.15) is 13.2 Å². The van der Waals surface area contributed by atoms with Gasteiger partial charge >= 0.3 is 6.18 Å². The van der Waals surface area contributed by atoms with Crippen LogP contribution >= 0.6 is 27.5 Å². The molecule has 0 amide bonds. The van der Waals surface area contributed by atoms with Crippen molar-refractivity contribution in [3.63, 3.8) is 0 Å². The molecule has 1 aromatic carbocycles. The third-order valence-electron chi connectivity index (χ3n) is 2.39. The number of rotatable bonds is 1. The van der Waals surface area contributed by atoms with Gasteiger partial charge in [0.1, 0.15) is 5.69 Å². The van der Waals surface area contributed by atoms with Gasteiger partial charge < -0.3 is 5.32 Å². The monoisotopic (exact) mass is 338 g/mol. The van der Waals surface area contributed by atoms with Crippen LogP contribution in [0.4, 0.5) is 18.9 Å². The first-order valence-electron chi connectivity index (χ1n) is 4.87. The summed E-state index contributed by atoms with van der Waals surface area (Å²) in [7, 11) is 1.55. The van der Waals surface area contributed by atoms with Crippen LogP contribution < -0.4 is 5.32 Å². The van der Waals surface area contributed by atoms with Gasteiger partial charge in [-0.3, -0.25) is 0 Å². The minimum Gasteiger partial charge on any atom is -0.388 e. The van der Waals surface area contributed by atoms with E-state index in [2.05, 4.69) is 26.2 Å². The molecule has 96 valence electrons.